The van der Waals surface area contributed by atoms with Crippen molar-refractivity contribution >= 4 is 17.1 Å². The first-order chi connectivity index (χ1) is 6.92. The van der Waals surface area contributed by atoms with Gasteiger partial charge in [0.1, 0.15) is 6.61 Å². The van der Waals surface area contributed by atoms with E-state index in [2.05, 4.69) is 6.92 Å². The summed E-state index contributed by atoms with van der Waals surface area (Å²) < 4.78 is 5.45. The third-order valence-electron chi connectivity index (χ3n) is 1.92. The Morgan fingerprint density at radius 2 is 2.07 bits per heavy atom. The van der Waals surface area contributed by atoms with Crippen LogP contribution in [-0.4, -0.2) is 18.0 Å². The van der Waals surface area contributed by atoms with E-state index < -0.39 is 0 Å². The Kier molecular flexibility index (Phi) is 4.05. The van der Waals surface area contributed by atoms with Crippen LogP contribution in [0.1, 0.15) is 42.2 Å². The minimum atomic E-state index is -0.249. The van der Waals surface area contributed by atoms with Crippen molar-refractivity contribution < 1.29 is 9.53 Å². The summed E-state index contributed by atoms with van der Waals surface area (Å²) in [6.45, 7) is 8.11. The van der Waals surface area contributed by atoms with Crippen LogP contribution < -0.4 is 0 Å². The first kappa shape index (κ1) is 12.4. The van der Waals surface area contributed by atoms with Crippen LogP contribution in [0, 0.1) is 0 Å². The van der Waals surface area contributed by atoms with Gasteiger partial charge in [0.25, 0.3) is 0 Å². The standard InChI is InChI=1S/C12H18O2S/c1-5-9-6-7-11(15-9)10(13)8-14-12(2,3)4/h6-7H,5,8H2,1-4H3. The summed E-state index contributed by atoms with van der Waals surface area (Å²) in [6.07, 6.45) is 0.984. The number of rotatable bonds is 4. The van der Waals surface area contributed by atoms with E-state index in [1.807, 2.05) is 32.9 Å². The molecule has 0 bridgehead atoms. The average molecular weight is 226 g/mol. The third kappa shape index (κ3) is 4.14. The molecule has 1 rings (SSSR count). The molecule has 0 radical (unpaired) electrons. The largest absolute Gasteiger partial charge is 0.368 e. The molecule has 15 heavy (non-hydrogen) atoms. The van der Waals surface area contributed by atoms with Gasteiger partial charge in [0.2, 0.25) is 0 Å². The zero-order valence-electron chi connectivity index (χ0n) is 9.79. The van der Waals surface area contributed by atoms with Gasteiger partial charge in [0.15, 0.2) is 5.78 Å². The molecule has 0 saturated heterocycles. The van der Waals surface area contributed by atoms with E-state index in [1.54, 1.807) is 11.3 Å². The van der Waals surface area contributed by atoms with Gasteiger partial charge in [-0.05, 0) is 39.3 Å². The van der Waals surface area contributed by atoms with E-state index in [9.17, 15) is 4.79 Å². The fraction of sp³-hybridized carbons (Fsp3) is 0.583. The SMILES string of the molecule is CCc1ccc(C(=O)COC(C)(C)C)s1. The smallest absolute Gasteiger partial charge is 0.198 e. The number of carbonyl (C=O) groups is 1. The molecule has 0 spiro atoms. The lowest BCUT2D eigenvalue weighted by Gasteiger charge is -2.18. The summed E-state index contributed by atoms with van der Waals surface area (Å²) in [5.74, 6) is 0.0784. The highest BCUT2D eigenvalue weighted by molar-refractivity contribution is 7.14. The van der Waals surface area contributed by atoms with E-state index in [1.165, 1.54) is 4.88 Å². The van der Waals surface area contributed by atoms with Crippen LogP contribution in [0.15, 0.2) is 12.1 Å². The van der Waals surface area contributed by atoms with Crippen LogP contribution >= 0.6 is 11.3 Å². The summed E-state index contributed by atoms with van der Waals surface area (Å²) in [6, 6.07) is 3.90. The number of hydrogen-bond donors (Lipinski definition) is 0. The normalized spacial score (nSPS) is 11.7. The van der Waals surface area contributed by atoms with Crippen LogP contribution in [-0.2, 0) is 11.2 Å². The topological polar surface area (TPSA) is 26.3 Å². The molecule has 1 aromatic heterocycles. The number of thiophene rings is 1. The van der Waals surface area contributed by atoms with E-state index in [-0.39, 0.29) is 18.0 Å². The first-order valence-corrected chi connectivity index (χ1v) is 6.00. The molecule has 0 aliphatic carbocycles. The second-order valence-corrected chi connectivity index (χ2v) is 5.61. The molecule has 0 aromatic carbocycles. The van der Waals surface area contributed by atoms with Crippen molar-refractivity contribution in [3.63, 3.8) is 0 Å². The number of ether oxygens (including phenoxy) is 1. The number of aryl methyl sites for hydroxylation is 1. The molecule has 2 nitrogen and oxygen atoms in total. The zero-order chi connectivity index (χ0) is 11.5. The van der Waals surface area contributed by atoms with Gasteiger partial charge in [0, 0.05) is 4.88 Å². The predicted molar refractivity (Wildman–Crippen MR) is 63.7 cm³/mol. The average Bonchev–Trinajstić information content (AvgIpc) is 2.61. The highest BCUT2D eigenvalue weighted by Crippen LogP contribution is 2.18. The van der Waals surface area contributed by atoms with E-state index in [0.717, 1.165) is 11.3 Å². The van der Waals surface area contributed by atoms with E-state index in [4.69, 9.17) is 4.74 Å². The van der Waals surface area contributed by atoms with Crippen LogP contribution in [0.4, 0.5) is 0 Å². The lowest BCUT2D eigenvalue weighted by molar-refractivity contribution is 0.00323. The maximum absolute atomic E-state index is 11.7. The quantitative estimate of drug-likeness (QED) is 0.736. The number of Topliss-reactive ketones (excluding diaryl/α,β-unsaturated/α-hetero) is 1. The van der Waals surface area contributed by atoms with Gasteiger partial charge in [-0.2, -0.15) is 0 Å². The maximum atomic E-state index is 11.7. The molecule has 3 heteroatoms. The Morgan fingerprint density at radius 3 is 2.53 bits per heavy atom. The Hall–Kier alpha value is -0.670. The van der Waals surface area contributed by atoms with Crippen LogP contribution in [0.3, 0.4) is 0 Å². The molecule has 0 aliphatic heterocycles. The van der Waals surface area contributed by atoms with Gasteiger partial charge in [-0.15, -0.1) is 11.3 Å². The van der Waals surface area contributed by atoms with E-state index >= 15 is 0 Å². The Labute approximate surface area is 95.3 Å². The highest BCUT2D eigenvalue weighted by atomic mass is 32.1. The molecule has 0 unspecified atom stereocenters. The minimum absolute atomic E-state index is 0.0784. The van der Waals surface area contributed by atoms with Gasteiger partial charge >= 0.3 is 0 Å². The van der Waals surface area contributed by atoms with Crippen LogP contribution in [0.5, 0.6) is 0 Å². The van der Waals surface area contributed by atoms with Crippen molar-refractivity contribution in [1.29, 1.82) is 0 Å². The molecule has 0 N–H and O–H groups in total. The fourth-order valence-corrected chi connectivity index (χ4v) is 1.94. The van der Waals surface area contributed by atoms with Crippen LogP contribution in [0.25, 0.3) is 0 Å². The summed E-state index contributed by atoms with van der Waals surface area (Å²) in [5, 5.41) is 0. The second kappa shape index (κ2) is 4.90. The predicted octanol–water partition coefficient (Wildman–Crippen LogP) is 3.31. The molecule has 0 amide bonds. The summed E-state index contributed by atoms with van der Waals surface area (Å²) in [7, 11) is 0. The number of ketones is 1. The molecular weight excluding hydrogens is 208 g/mol. The molecule has 0 saturated carbocycles. The van der Waals surface area contributed by atoms with Gasteiger partial charge in [0.05, 0.1) is 10.5 Å². The molecule has 0 atom stereocenters. The number of carbonyl (C=O) groups excluding carboxylic acids is 1. The lowest BCUT2D eigenvalue weighted by Crippen LogP contribution is -2.23. The molecule has 0 fully saturated rings. The molecular formula is C12H18O2S. The van der Waals surface area contributed by atoms with Gasteiger partial charge < -0.3 is 4.74 Å². The Bertz CT molecular complexity index is 334. The van der Waals surface area contributed by atoms with E-state index in [0.29, 0.717) is 0 Å². The third-order valence-corrected chi connectivity index (χ3v) is 3.19. The van der Waals surface area contributed by atoms with Gasteiger partial charge in [-0.25, -0.2) is 0 Å². The van der Waals surface area contributed by atoms with Crippen LogP contribution in [0.2, 0.25) is 0 Å². The van der Waals surface area contributed by atoms with Crippen molar-refractivity contribution in [1.82, 2.24) is 0 Å². The lowest BCUT2D eigenvalue weighted by atomic mass is 10.2. The number of hydrogen-bond acceptors (Lipinski definition) is 3. The van der Waals surface area contributed by atoms with Gasteiger partial charge in [-0.1, -0.05) is 6.92 Å². The van der Waals surface area contributed by atoms with Crippen molar-refractivity contribution in [3.8, 4) is 0 Å². The molecule has 84 valence electrons. The summed E-state index contributed by atoms with van der Waals surface area (Å²) >= 11 is 1.56. The maximum Gasteiger partial charge on any atom is 0.198 e. The van der Waals surface area contributed by atoms with Gasteiger partial charge in [-0.3, -0.25) is 4.79 Å². The molecule has 1 aromatic rings. The minimum Gasteiger partial charge on any atom is -0.368 e. The summed E-state index contributed by atoms with van der Waals surface area (Å²) in [4.78, 5) is 13.8. The fourth-order valence-electron chi connectivity index (χ4n) is 1.07. The molecule has 0 aliphatic rings. The summed E-state index contributed by atoms with van der Waals surface area (Å²) in [5.41, 5.74) is -0.249. The highest BCUT2D eigenvalue weighted by Gasteiger charge is 2.15. The van der Waals surface area contributed by atoms with Crippen molar-refractivity contribution in [3.05, 3.63) is 21.9 Å². The van der Waals surface area contributed by atoms with Crippen molar-refractivity contribution in [2.24, 2.45) is 0 Å². The monoisotopic (exact) mass is 226 g/mol. The molecule has 1 heterocycles. The second-order valence-electron chi connectivity index (χ2n) is 4.44. The Balaban J connectivity index is 2.54. The zero-order valence-corrected chi connectivity index (χ0v) is 10.6. The van der Waals surface area contributed by atoms with Crippen molar-refractivity contribution in [2.45, 2.75) is 39.7 Å². The first-order valence-electron chi connectivity index (χ1n) is 5.18. The van der Waals surface area contributed by atoms with Crippen molar-refractivity contribution in [2.75, 3.05) is 6.61 Å². The Morgan fingerprint density at radius 1 is 1.40 bits per heavy atom.